The molecule has 0 amide bonds. The van der Waals surface area contributed by atoms with Gasteiger partial charge in [0.25, 0.3) is 0 Å². The normalized spacial score (nSPS) is 27.6. The fourth-order valence-corrected chi connectivity index (χ4v) is 2.03. The van der Waals surface area contributed by atoms with Gasteiger partial charge in [0.15, 0.2) is 0 Å². The summed E-state index contributed by atoms with van der Waals surface area (Å²) in [6.07, 6.45) is 1.40. The van der Waals surface area contributed by atoms with Gasteiger partial charge in [-0.3, -0.25) is 0 Å². The SMILES string of the molecule is CC(C)[C@@H]1CC1c1ccccc1. The van der Waals surface area contributed by atoms with Gasteiger partial charge in [-0.25, -0.2) is 0 Å². The minimum Gasteiger partial charge on any atom is -0.0625 e. The Morgan fingerprint density at radius 2 is 1.83 bits per heavy atom. The molecule has 1 aromatic carbocycles. The second kappa shape index (κ2) is 2.93. The highest BCUT2D eigenvalue weighted by Crippen LogP contribution is 2.51. The van der Waals surface area contributed by atoms with Crippen LogP contribution in [-0.2, 0) is 0 Å². The van der Waals surface area contributed by atoms with E-state index in [4.69, 9.17) is 0 Å². The Morgan fingerprint density at radius 1 is 1.17 bits per heavy atom. The fourth-order valence-electron chi connectivity index (χ4n) is 2.03. The monoisotopic (exact) mass is 160 g/mol. The molecular formula is C12H16. The molecular weight excluding hydrogens is 144 g/mol. The summed E-state index contributed by atoms with van der Waals surface area (Å²) in [4.78, 5) is 0. The molecule has 1 unspecified atom stereocenters. The van der Waals surface area contributed by atoms with Gasteiger partial charge in [-0.15, -0.1) is 0 Å². The quantitative estimate of drug-likeness (QED) is 0.621. The Kier molecular flexibility index (Phi) is 1.92. The molecule has 2 atom stereocenters. The third kappa shape index (κ3) is 1.38. The summed E-state index contributed by atoms with van der Waals surface area (Å²) in [5, 5.41) is 0. The molecule has 0 heterocycles. The third-order valence-corrected chi connectivity index (χ3v) is 2.92. The standard InChI is InChI=1S/C12H16/c1-9(2)11-8-12(11)10-6-4-3-5-7-10/h3-7,9,11-12H,8H2,1-2H3/t11-,12?/m0/s1. The van der Waals surface area contributed by atoms with Gasteiger partial charge in [-0.1, -0.05) is 44.2 Å². The zero-order chi connectivity index (χ0) is 8.55. The first-order chi connectivity index (χ1) is 5.79. The van der Waals surface area contributed by atoms with Crippen molar-refractivity contribution in [1.82, 2.24) is 0 Å². The molecule has 0 nitrogen and oxygen atoms in total. The van der Waals surface area contributed by atoms with Crippen LogP contribution in [0.25, 0.3) is 0 Å². The van der Waals surface area contributed by atoms with Crippen molar-refractivity contribution in [1.29, 1.82) is 0 Å². The number of rotatable bonds is 2. The van der Waals surface area contributed by atoms with E-state index < -0.39 is 0 Å². The first-order valence-electron chi connectivity index (χ1n) is 4.84. The summed E-state index contributed by atoms with van der Waals surface area (Å²) < 4.78 is 0. The van der Waals surface area contributed by atoms with E-state index in [0.29, 0.717) is 0 Å². The van der Waals surface area contributed by atoms with Crippen LogP contribution in [0.5, 0.6) is 0 Å². The molecule has 1 saturated carbocycles. The molecule has 1 aliphatic carbocycles. The van der Waals surface area contributed by atoms with Crippen molar-refractivity contribution >= 4 is 0 Å². The van der Waals surface area contributed by atoms with Crippen LogP contribution in [0.2, 0.25) is 0 Å². The van der Waals surface area contributed by atoms with Crippen LogP contribution in [-0.4, -0.2) is 0 Å². The Hall–Kier alpha value is -0.780. The topological polar surface area (TPSA) is 0 Å². The predicted molar refractivity (Wildman–Crippen MR) is 52.1 cm³/mol. The van der Waals surface area contributed by atoms with Crippen molar-refractivity contribution in [2.45, 2.75) is 26.2 Å². The Balaban J connectivity index is 2.06. The maximum atomic E-state index is 2.33. The molecule has 0 aromatic heterocycles. The Morgan fingerprint density at radius 3 is 2.33 bits per heavy atom. The molecule has 1 fully saturated rings. The van der Waals surface area contributed by atoms with Crippen LogP contribution >= 0.6 is 0 Å². The van der Waals surface area contributed by atoms with Crippen LogP contribution in [0.15, 0.2) is 30.3 Å². The average Bonchev–Trinajstić information content (AvgIpc) is 2.84. The molecule has 0 spiro atoms. The first kappa shape index (κ1) is 7.85. The summed E-state index contributed by atoms with van der Waals surface area (Å²) in [5.41, 5.74) is 1.54. The third-order valence-electron chi connectivity index (χ3n) is 2.92. The molecule has 0 radical (unpaired) electrons. The highest BCUT2D eigenvalue weighted by Gasteiger charge is 2.39. The molecule has 64 valence electrons. The summed E-state index contributed by atoms with van der Waals surface area (Å²) >= 11 is 0. The number of hydrogen-bond donors (Lipinski definition) is 0. The van der Waals surface area contributed by atoms with Gasteiger partial charge in [0.2, 0.25) is 0 Å². The highest BCUT2D eigenvalue weighted by molar-refractivity contribution is 5.25. The highest BCUT2D eigenvalue weighted by atomic mass is 14.4. The lowest BCUT2D eigenvalue weighted by Crippen LogP contribution is -1.91. The second-order valence-electron chi connectivity index (χ2n) is 4.16. The van der Waals surface area contributed by atoms with Crippen LogP contribution in [0, 0.1) is 11.8 Å². The fraction of sp³-hybridized carbons (Fsp3) is 0.500. The lowest BCUT2D eigenvalue weighted by atomic mass is 10.0. The molecule has 0 aliphatic heterocycles. The smallest absolute Gasteiger partial charge is 0.0128 e. The number of hydrogen-bond acceptors (Lipinski definition) is 0. The number of benzene rings is 1. The van der Waals surface area contributed by atoms with Crippen LogP contribution in [0.1, 0.15) is 31.7 Å². The maximum absolute atomic E-state index is 2.33. The van der Waals surface area contributed by atoms with E-state index in [-0.39, 0.29) is 0 Å². The molecule has 0 saturated heterocycles. The average molecular weight is 160 g/mol. The van der Waals surface area contributed by atoms with Crippen molar-refractivity contribution in [3.63, 3.8) is 0 Å². The van der Waals surface area contributed by atoms with E-state index in [2.05, 4.69) is 44.2 Å². The molecule has 0 bridgehead atoms. The van der Waals surface area contributed by atoms with Crippen LogP contribution < -0.4 is 0 Å². The zero-order valence-corrected chi connectivity index (χ0v) is 7.83. The van der Waals surface area contributed by atoms with E-state index in [1.54, 1.807) is 0 Å². The minimum absolute atomic E-state index is 0.857. The van der Waals surface area contributed by atoms with Crippen molar-refractivity contribution < 1.29 is 0 Å². The maximum Gasteiger partial charge on any atom is -0.0128 e. The second-order valence-corrected chi connectivity index (χ2v) is 4.16. The minimum atomic E-state index is 0.857. The summed E-state index contributed by atoms with van der Waals surface area (Å²) in [5.74, 6) is 2.67. The van der Waals surface area contributed by atoms with E-state index >= 15 is 0 Å². The van der Waals surface area contributed by atoms with Crippen molar-refractivity contribution in [3.05, 3.63) is 35.9 Å². The Bertz CT molecular complexity index is 248. The molecule has 0 N–H and O–H groups in total. The zero-order valence-electron chi connectivity index (χ0n) is 7.83. The van der Waals surface area contributed by atoms with Gasteiger partial charge in [0.05, 0.1) is 0 Å². The first-order valence-corrected chi connectivity index (χ1v) is 4.84. The summed E-state index contributed by atoms with van der Waals surface area (Å²) in [6.45, 7) is 4.65. The molecule has 1 aromatic rings. The molecule has 1 aliphatic rings. The molecule has 12 heavy (non-hydrogen) atoms. The van der Waals surface area contributed by atoms with Crippen LogP contribution in [0.3, 0.4) is 0 Å². The largest absolute Gasteiger partial charge is 0.0625 e. The van der Waals surface area contributed by atoms with E-state index in [1.807, 2.05) is 0 Å². The van der Waals surface area contributed by atoms with E-state index in [9.17, 15) is 0 Å². The van der Waals surface area contributed by atoms with Gasteiger partial charge in [-0.05, 0) is 29.7 Å². The van der Waals surface area contributed by atoms with Gasteiger partial charge in [-0.2, -0.15) is 0 Å². The van der Waals surface area contributed by atoms with E-state index in [0.717, 1.165) is 17.8 Å². The Labute approximate surface area is 74.6 Å². The lowest BCUT2D eigenvalue weighted by molar-refractivity contribution is 0.549. The van der Waals surface area contributed by atoms with Crippen molar-refractivity contribution in [2.24, 2.45) is 11.8 Å². The van der Waals surface area contributed by atoms with Gasteiger partial charge in [0.1, 0.15) is 0 Å². The van der Waals surface area contributed by atoms with Gasteiger partial charge >= 0.3 is 0 Å². The summed E-state index contributed by atoms with van der Waals surface area (Å²) in [7, 11) is 0. The van der Waals surface area contributed by atoms with Crippen LogP contribution in [0.4, 0.5) is 0 Å². The molecule has 0 heteroatoms. The molecule has 2 rings (SSSR count). The summed E-state index contributed by atoms with van der Waals surface area (Å²) in [6, 6.07) is 10.9. The predicted octanol–water partition coefficient (Wildman–Crippen LogP) is 3.45. The van der Waals surface area contributed by atoms with Crippen molar-refractivity contribution in [2.75, 3.05) is 0 Å². The van der Waals surface area contributed by atoms with Crippen molar-refractivity contribution in [3.8, 4) is 0 Å². The van der Waals surface area contributed by atoms with Gasteiger partial charge < -0.3 is 0 Å². The lowest BCUT2D eigenvalue weighted by Gasteiger charge is -2.02. The van der Waals surface area contributed by atoms with Gasteiger partial charge in [0, 0.05) is 0 Å². The van der Waals surface area contributed by atoms with E-state index in [1.165, 1.54) is 12.0 Å².